The van der Waals surface area contributed by atoms with Crippen LogP contribution < -0.4 is 15.6 Å². The fourth-order valence-corrected chi connectivity index (χ4v) is 3.66. The van der Waals surface area contributed by atoms with Gasteiger partial charge in [0.05, 0.1) is 23.1 Å². The van der Waals surface area contributed by atoms with E-state index in [4.69, 9.17) is 9.84 Å². The van der Waals surface area contributed by atoms with E-state index in [-0.39, 0.29) is 46.2 Å². The largest absolute Gasteiger partial charge is 0.475 e. The number of nitrogens with one attached hydrogen (secondary N) is 1. The normalized spacial score (nSPS) is 13.4. The number of alkyl halides is 3. The third-order valence-electron chi connectivity index (χ3n) is 5.52. The molecule has 0 aliphatic carbocycles. The maximum atomic E-state index is 13.3. The molecule has 4 aromatic rings. The molecule has 4 N–H and O–H groups in total. The van der Waals surface area contributed by atoms with Gasteiger partial charge in [0.15, 0.2) is 6.23 Å². The highest BCUT2D eigenvalue weighted by Crippen LogP contribution is 2.32. The van der Waals surface area contributed by atoms with Crippen LogP contribution in [0.15, 0.2) is 65.5 Å². The quantitative estimate of drug-likeness (QED) is 0.263. The summed E-state index contributed by atoms with van der Waals surface area (Å²) in [6, 6.07) is 13.7. The van der Waals surface area contributed by atoms with Crippen molar-refractivity contribution in [1.82, 2.24) is 14.5 Å². The van der Waals surface area contributed by atoms with Crippen molar-refractivity contribution in [2.45, 2.75) is 18.5 Å². The Morgan fingerprint density at radius 1 is 1.05 bits per heavy atom. The van der Waals surface area contributed by atoms with E-state index >= 15 is 0 Å². The summed E-state index contributed by atoms with van der Waals surface area (Å²) in [5.74, 6) is 0.322. The fraction of sp³-hybridized carbons (Fsp3) is 0.240. The molecule has 9 nitrogen and oxygen atoms in total. The third-order valence-corrected chi connectivity index (χ3v) is 5.52. The summed E-state index contributed by atoms with van der Waals surface area (Å²) >= 11 is 0. The number of hydrogen-bond acceptors (Lipinski definition) is 8. The van der Waals surface area contributed by atoms with Crippen LogP contribution in [0, 0.1) is 0 Å². The molecule has 0 radical (unpaired) electrons. The minimum absolute atomic E-state index is 0.000728. The Labute approximate surface area is 208 Å². The number of nitrogens with zero attached hydrogens (tertiary/aromatic N) is 3. The van der Waals surface area contributed by atoms with Gasteiger partial charge in [0, 0.05) is 24.2 Å². The number of para-hydroxylation sites is 1. The van der Waals surface area contributed by atoms with Gasteiger partial charge < -0.3 is 25.4 Å². The summed E-state index contributed by atoms with van der Waals surface area (Å²) in [4.78, 5) is 21.7. The first kappa shape index (κ1) is 26.1. The minimum atomic E-state index is -4.57. The van der Waals surface area contributed by atoms with Crippen LogP contribution in [0.4, 0.5) is 19.0 Å². The van der Waals surface area contributed by atoms with E-state index in [0.717, 1.165) is 16.7 Å². The molecule has 0 saturated carbocycles. The van der Waals surface area contributed by atoms with Crippen LogP contribution in [0.1, 0.15) is 17.4 Å². The van der Waals surface area contributed by atoms with Gasteiger partial charge in [0.25, 0.3) is 5.56 Å². The average Bonchev–Trinajstić information content (AvgIpc) is 2.88. The molecule has 0 fully saturated rings. The number of aromatic nitrogens is 3. The van der Waals surface area contributed by atoms with Crippen molar-refractivity contribution >= 4 is 16.7 Å². The van der Waals surface area contributed by atoms with Gasteiger partial charge in [-0.2, -0.15) is 18.2 Å². The van der Waals surface area contributed by atoms with Crippen LogP contribution >= 0.6 is 0 Å². The van der Waals surface area contributed by atoms with Crippen LogP contribution in [0.3, 0.4) is 0 Å². The summed E-state index contributed by atoms with van der Waals surface area (Å²) in [6.45, 7) is -0.670. The third kappa shape index (κ3) is 5.71. The van der Waals surface area contributed by atoms with Crippen LogP contribution in [0.5, 0.6) is 5.88 Å². The number of anilines is 1. The lowest BCUT2D eigenvalue weighted by Gasteiger charge is -2.18. The van der Waals surface area contributed by atoms with Crippen LogP contribution in [0.25, 0.3) is 22.3 Å². The van der Waals surface area contributed by atoms with E-state index < -0.39 is 36.2 Å². The Hall–Kier alpha value is -4.00. The first-order valence-electron chi connectivity index (χ1n) is 11.1. The van der Waals surface area contributed by atoms with Gasteiger partial charge in [-0.1, -0.05) is 30.3 Å². The maximum Gasteiger partial charge on any atom is 0.416 e. The standard InChI is InChI=1S/C25H23F3N4O5/c1-32-22(14-5-2-6-15(11-14)25(26,27)28)31-21-17(7-3-8-18(21)24(32)36)23(35)30-19-9-4-10-20(29-19)37-13-16(34)12-33/h2-11,16,23,33-35H,12-13H2,1H3,(H,29,30)/t16-,23?/m0/s1. The summed E-state index contributed by atoms with van der Waals surface area (Å²) in [5, 5.41) is 32.2. The molecule has 37 heavy (non-hydrogen) atoms. The molecular formula is C25H23F3N4O5. The number of ether oxygens (including phenoxy) is 1. The summed E-state index contributed by atoms with van der Waals surface area (Å²) in [5.41, 5.74) is -0.981. The lowest BCUT2D eigenvalue weighted by molar-refractivity contribution is -0.137. The van der Waals surface area contributed by atoms with Crippen molar-refractivity contribution in [3.8, 4) is 17.3 Å². The van der Waals surface area contributed by atoms with Gasteiger partial charge in [-0.05, 0) is 24.3 Å². The zero-order valence-electron chi connectivity index (χ0n) is 19.5. The molecule has 2 heterocycles. The molecule has 2 atom stereocenters. The number of halogens is 3. The Morgan fingerprint density at radius 2 is 1.78 bits per heavy atom. The topological polar surface area (TPSA) is 130 Å². The number of pyridine rings is 1. The van der Waals surface area contributed by atoms with Crippen molar-refractivity contribution in [3.63, 3.8) is 0 Å². The van der Waals surface area contributed by atoms with Crippen molar-refractivity contribution in [2.75, 3.05) is 18.5 Å². The zero-order valence-corrected chi connectivity index (χ0v) is 19.5. The van der Waals surface area contributed by atoms with E-state index in [1.165, 1.54) is 37.4 Å². The Kier molecular flexibility index (Phi) is 7.43. The molecule has 4 rings (SSSR count). The van der Waals surface area contributed by atoms with E-state index in [1.54, 1.807) is 18.2 Å². The number of hydrogen-bond donors (Lipinski definition) is 4. The van der Waals surface area contributed by atoms with E-state index in [1.807, 2.05) is 0 Å². The first-order chi connectivity index (χ1) is 17.6. The number of fused-ring (bicyclic) bond motifs is 1. The molecule has 194 valence electrons. The lowest BCUT2D eigenvalue weighted by atomic mass is 10.1. The van der Waals surface area contributed by atoms with Crippen LogP contribution in [0.2, 0.25) is 0 Å². The number of aliphatic hydroxyl groups is 3. The second kappa shape index (κ2) is 10.5. The predicted molar refractivity (Wildman–Crippen MR) is 129 cm³/mol. The molecular weight excluding hydrogens is 493 g/mol. The van der Waals surface area contributed by atoms with Gasteiger partial charge >= 0.3 is 6.18 Å². The van der Waals surface area contributed by atoms with E-state index in [0.29, 0.717) is 0 Å². The van der Waals surface area contributed by atoms with Gasteiger partial charge in [-0.15, -0.1) is 0 Å². The highest BCUT2D eigenvalue weighted by atomic mass is 19.4. The summed E-state index contributed by atoms with van der Waals surface area (Å²) in [7, 11) is 1.41. The van der Waals surface area contributed by atoms with Crippen molar-refractivity contribution in [2.24, 2.45) is 7.05 Å². The number of benzene rings is 2. The second-order valence-electron chi connectivity index (χ2n) is 8.18. The smallest absolute Gasteiger partial charge is 0.416 e. The molecule has 0 aliphatic rings. The first-order valence-corrected chi connectivity index (χ1v) is 11.1. The van der Waals surface area contributed by atoms with Gasteiger partial charge in [0.1, 0.15) is 24.4 Å². The molecule has 1 unspecified atom stereocenters. The molecule has 2 aromatic carbocycles. The predicted octanol–water partition coefficient (Wildman–Crippen LogP) is 2.85. The van der Waals surface area contributed by atoms with E-state index in [2.05, 4.69) is 15.3 Å². The van der Waals surface area contributed by atoms with Gasteiger partial charge in [-0.3, -0.25) is 9.36 Å². The fourth-order valence-electron chi connectivity index (χ4n) is 3.66. The number of rotatable bonds is 8. The van der Waals surface area contributed by atoms with Gasteiger partial charge in [-0.25, -0.2) is 4.98 Å². The second-order valence-corrected chi connectivity index (χ2v) is 8.18. The number of aliphatic hydroxyl groups excluding tert-OH is 3. The Bertz CT molecular complexity index is 1480. The van der Waals surface area contributed by atoms with Crippen LogP contribution in [-0.4, -0.2) is 49.2 Å². The van der Waals surface area contributed by atoms with Crippen molar-refractivity contribution in [1.29, 1.82) is 0 Å². The zero-order chi connectivity index (χ0) is 26.7. The average molecular weight is 516 g/mol. The summed E-state index contributed by atoms with van der Waals surface area (Å²) < 4.78 is 46.2. The molecule has 0 spiro atoms. The molecule has 0 amide bonds. The highest BCUT2D eigenvalue weighted by Gasteiger charge is 2.31. The van der Waals surface area contributed by atoms with Crippen molar-refractivity contribution in [3.05, 3.63) is 82.1 Å². The molecule has 2 aromatic heterocycles. The maximum absolute atomic E-state index is 13.3. The molecule has 0 saturated heterocycles. The molecule has 0 aliphatic heterocycles. The Morgan fingerprint density at radius 3 is 2.51 bits per heavy atom. The minimum Gasteiger partial charge on any atom is -0.475 e. The SMILES string of the molecule is Cn1c(-c2cccc(C(F)(F)F)c2)nc2c(C(O)Nc3cccc(OC[C@@H](O)CO)n3)cccc2c1=O. The molecule has 0 bridgehead atoms. The van der Waals surface area contributed by atoms with Crippen molar-refractivity contribution < 1.29 is 33.2 Å². The lowest BCUT2D eigenvalue weighted by Crippen LogP contribution is -2.22. The Balaban J connectivity index is 1.71. The van der Waals surface area contributed by atoms with Gasteiger partial charge in [0.2, 0.25) is 5.88 Å². The highest BCUT2D eigenvalue weighted by molar-refractivity contribution is 5.83. The molecule has 12 heteroatoms. The van der Waals surface area contributed by atoms with Crippen LogP contribution in [-0.2, 0) is 13.2 Å². The monoisotopic (exact) mass is 516 g/mol. The van der Waals surface area contributed by atoms with E-state index in [9.17, 15) is 28.2 Å². The summed E-state index contributed by atoms with van der Waals surface area (Å²) in [6.07, 6.45) is -7.05.